The van der Waals surface area contributed by atoms with Gasteiger partial charge in [0.2, 0.25) is 5.91 Å². The van der Waals surface area contributed by atoms with Crippen molar-refractivity contribution < 1.29 is 9.53 Å². The second kappa shape index (κ2) is 7.64. The summed E-state index contributed by atoms with van der Waals surface area (Å²) >= 11 is 3.40. The topological polar surface area (TPSA) is 41.6 Å². The third-order valence-electron chi connectivity index (χ3n) is 3.52. The second-order valence-electron chi connectivity index (χ2n) is 5.00. The normalized spacial score (nSPS) is 18.3. The van der Waals surface area contributed by atoms with Crippen LogP contribution in [-0.2, 0) is 4.79 Å². The molecule has 110 valence electrons. The minimum atomic E-state index is 0.192. The second-order valence-corrected chi connectivity index (χ2v) is 5.91. The maximum Gasteiger partial charge on any atom is 0.226 e. The first kappa shape index (κ1) is 15.3. The van der Waals surface area contributed by atoms with Gasteiger partial charge in [0.15, 0.2) is 0 Å². The molecule has 1 aromatic carbocycles. The van der Waals surface area contributed by atoms with Gasteiger partial charge in [-0.3, -0.25) is 4.79 Å². The minimum absolute atomic E-state index is 0.192. The monoisotopic (exact) mass is 340 g/mol. The van der Waals surface area contributed by atoms with Crippen molar-refractivity contribution in [3.8, 4) is 5.75 Å². The van der Waals surface area contributed by atoms with E-state index in [-0.39, 0.29) is 5.91 Å². The Labute approximate surface area is 128 Å². The fraction of sp³-hybridized carbons (Fsp3) is 0.533. The van der Waals surface area contributed by atoms with Crippen LogP contribution in [0.1, 0.15) is 19.3 Å². The van der Waals surface area contributed by atoms with E-state index in [0.717, 1.165) is 36.2 Å². The fourth-order valence-corrected chi connectivity index (χ4v) is 2.95. The highest BCUT2D eigenvalue weighted by Gasteiger charge is 2.27. The smallest absolute Gasteiger partial charge is 0.226 e. The van der Waals surface area contributed by atoms with Gasteiger partial charge in [-0.25, -0.2) is 0 Å². The molecular weight excluding hydrogens is 320 g/mol. The number of likely N-dealkylation sites (N-methyl/N-ethyl adjacent to an activating group) is 1. The number of hydrogen-bond acceptors (Lipinski definition) is 3. The van der Waals surface area contributed by atoms with E-state index in [2.05, 4.69) is 21.2 Å². The molecule has 0 bridgehead atoms. The van der Waals surface area contributed by atoms with Gasteiger partial charge in [0.25, 0.3) is 0 Å². The first-order valence-corrected chi connectivity index (χ1v) is 7.82. The third kappa shape index (κ3) is 4.21. The highest BCUT2D eigenvalue weighted by atomic mass is 79.9. The van der Waals surface area contributed by atoms with Crippen molar-refractivity contribution in [2.24, 2.45) is 0 Å². The molecule has 1 fully saturated rings. The van der Waals surface area contributed by atoms with Crippen LogP contribution >= 0.6 is 15.9 Å². The Kier molecular flexibility index (Phi) is 5.86. The molecule has 1 amide bonds. The van der Waals surface area contributed by atoms with Gasteiger partial charge < -0.3 is 15.0 Å². The summed E-state index contributed by atoms with van der Waals surface area (Å²) in [6, 6.07) is 8.02. The van der Waals surface area contributed by atoms with E-state index in [0.29, 0.717) is 19.1 Å². The summed E-state index contributed by atoms with van der Waals surface area (Å²) in [6.07, 6.45) is 2.64. The van der Waals surface area contributed by atoms with Crippen molar-refractivity contribution in [1.29, 1.82) is 0 Å². The summed E-state index contributed by atoms with van der Waals surface area (Å²) in [6.45, 7) is 2.18. The Balaban J connectivity index is 1.77. The Morgan fingerprint density at radius 2 is 2.40 bits per heavy atom. The van der Waals surface area contributed by atoms with Gasteiger partial charge in [-0.2, -0.15) is 0 Å². The predicted molar refractivity (Wildman–Crippen MR) is 82.9 cm³/mol. The van der Waals surface area contributed by atoms with Crippen LogP contribution in [0.2, 0.25) is 0 Å². The number of nitrogens with one attached hydrogen (secondary N) is 1. The number of halogens is 1. The first-order chi connectivity index (χ1) is 9.70. The SMILES string of the molecule is CNCC1CCCN1C(=O)CCOc1cccc(Br)c1. The zero-order valence-electron chi connectivity index (χ0n) is 11.8. The Hall–Kier alpha value is -1.07. The molecule has 20 heavy (non-hydrogen) atoms. The Morgan fingerprint density at radius 1 is 1.55 bits per heavy atom. The van der Waals surface area contributed by atoms with Crippen LogP contribution in [0.5, 0.6) is 5.75 Å². The van der Waals surface area contributed by atoms with Gasteiger partial charge in [0, 0.05) is 23.6 Å². The van der Waals surface area contributed by atoms with Gasteiger partial charge in [0.1, 0.15) is 5.75 Å². The van der Waals surface area contributed by atoms with Gasteiger partial charge >= 0.3 is 0 Å². The predicted octanol–water partition coefficient (Wildman–Crippen LogP) is 2.43. The molecule has 0 spiro atoms. The molecule has 1 atom stereocenters. The van der Waals surface area contributed by atoms with Crippen LogP contribution in [0.25, 0.3) is 0 Å². The summed E-state index contributed by atoms with van der Waals surface area (Å²) in [7, 11) is 1.93. The maximum absolute atomic E-state index is 12.2. The molecule has 1 N–H and O–H groups in total. The maximum atomic E-state index is 12.2. The van der Waals surface area contributed by atoms with Gasteiger partial charge in [-0.05, 0) is 38.1 Å². The molecule has 0 aliphatic carbocycles. The van der Waals surface area contributed by atoms with Crippen LogP contribution in [-0.4, -0.2) is 43.6 Å². The Bertz CT molecular complexity index is 453. The van der Waals surface area contributed by atoms with Crippen LogP contribution in [0, 0.1) is 0 Å². The van der Waals surface area contributed by atoms with Crippen molar-refractivity contribution >= 4 is 21.8 Å². The number of ether oxygens (including phenoxy) is 1. The molecule has 1 aromatic rings. The molecule has 2 rings (SSSR count). The summed E-state index contributed by atoms with van der Waals surface area (Å²) in [5.74, 6) is 0.984. The van der Waals surface area contributed by atoms with E-state index >= 15 is 0 Å². The minimum Gasteiger partial charge on any atom is -0.493 e. The molecule has 5 heteroatoms. The number of nitrogens with zero attached hydrogens (tertiary/aromatic N) is 1. The highest BCUT2D eigenvalue weighted by molar-refractivity contribution is 9.10. The van der Waals surface area contributed by atoms with E-state index in [9.17, 15) is 4.79 Å². The van der Waals surface area contributed by atoms with E-state index in [1.165, 1.54) is 0 Å². The highest BCUT2D eigenvalue weighted by Crippen LogP contribution is 2.19. The zero-order valence-corrected chi connectivity index (χ0v) is 13.4. The molecule has 0 aromatic heterocycles. The number of carbonyl (C=O) groups excluding carboxylic acids is 1. The molecule has 1 saturated heterocycles. The van der Waals surface area contributed by atoms with Crippen molar-refractivity contribution in [3.63, 3.8) is 0 Å². The number of hydrogen-bond donors (Lipinski definition) is 1. The van der Waals surface area contributed by atoms with Gasteiger partial charge in [0.05, 0.1) is 13.0 Å². The number of likely N-dealkylation sites (tertiary alicyclic amines) is 1. The van der Waals surface area contributed by atoms with E-state index in [1.54, 1.807) is 0 Å². The molecule has 1 aliphatic heterocycles. The molecule has 1 unspecified atom stereocenters. The van der Waals surface area contributed by atoms with Crippen LogP contribution in [0.3, 0.4) is 0 Å². The molecule has 1 aliphatic rings. The van der Waals surface area contributed by atoms with E-state index in [1.807, 2.05) is 36.2 Å². The molecule has 0 saturated carbocycles. The average molecular weight is 341 g/mol. The van der Waals surface area contributed by atoms with Crippen molar-refractivity contribution in [3.05, 3.63) is 28.7 Å². The largest absolute Gasteiger partial charge is 0.493 e. The average Bonchev–Trinajstić information content (AvgIpc) is 2.87. The standard InChI is InChI=1S/C15H21BrN2O2/c1-17-11-13-5-3-8-18(13)15(19)7-9-20-14-6-2-4-12(16)10-14/h2,4,6,10,13,17H,3,5,7-9,11H2,1H3. The summed E-state index contributed by atoms with van der Waals surface area (Å²) in [5, 5.41) is 3.15. The quantitative estimate of drug-likeness (QED) is 0.864. The molecule has 1 heterocycles. The van der Waals surface area contributed by atoms with Crippen LogP contribution in [0.4, 0.5) is 0 Å². The van der Waals surface area contributed by atoms with Crippen molar-refractivity contribution in [2.45, 2.75) is 25.3 Å². The summed E-state index contributed by atoms with van der Waals surface area (Å²) in [4.78, 5) is 14.2. The summed E-state index contributed by atoms with van der Waals surface area (Å²) < 4.78 is 6.60. The lowest BCUT2D eigenvalue weighted by atomic mass is 10.2. The lowest BCUT2D eigenvalue weighted by Gasteiger charge is -2.24. The number of benzene rings is 1. The van der Waals surface area contributed by atoms with Gasteiger partial charge in [-0.15, -0.1) is 0 Å². The number of amides is 1. The molecule has 4 nitrogen and oxygen atoms in total. The van der Waals surface area contributed by atoms with Crippen LogP contribution in [0.15, 0.2) is 28.7 Å². The van der Waals surface area contributed by atoms with E-state index < -0.39 is 0 Å². The van der Waals surface area contributed by atoms with E-state index in [4.69, 9.17) is 4.74 Å². The van der Waals surface area contributed by atoms with Crippen LogP contribution < -0.4 is 10.1 Å². The van der Waals surface area contributed by atoms with Crippen molar-refractivity contribution in [1.82, 2.24) is 10.2 Å². The lowest BCUT2D eigenvalue weighted by Crippen LogP contribution is -2.41. The summed E-state index contributed by atoms with van der Waals surface area (Å²) in [5.41, 5.74) is 0. The molecule has 0 radical (unpaired) electrons. The Morgan fingerprint density at radius 3 is 3.15 bits per heavy atom. The number of carbonyl (C=O) groups is 1. The zero-order chi connectivity index (χ0) is 14.4. The fourth-order valence-electron chi connectivity index (χ4n) is 2.57. The lowest BCUT2D eigenvalue weighted by molar-refractivity contribution is -0.132. The van der Waals surface area contributed by atoms with Gasteiger partial charge in [-0.1, -0.05) is 22.0 Å². The third-order valence-corrected chi connectivity index (χ3v) is 4.01. The molecular formula is C15H21BrN2O2. The number of rotatable bonds is 6. The first-order valence-electron chi connectivity index (χ1n) is 7.03. The van der Waals surface area contributed by atoms with Crippen molar-refractivity contribution in [2.75, 3.05) is 26.7 Å².